The molecular formula is C19H23N3O3. The summed E-state index contributed by atoms with van der Waals surface area (Å²) in [5, 5.41) is 2.99. The highest BCUT2D eigenvalue weighted by Gasteiger charge is 2.26. The molecule has 2 heterocycles. The Labute approximate surface area is 146 Å². The van der Waals surface area contributed by atoms with Gasteiger partial charge in [-0.25, -0.2) is 0 Å². The Morgan fingerprint density at radius 1 is 1.24 bits per heavy atom. The van der Waals surface area contributed by atoms with E-state index >= 15 is 0 Å². The number of aromatic amines is 1. The minimum Gasteiger partial charge on any atom is -0.496 e. The second kappa shape index (κ2) is 7.98. The Hall–Kier alpha value is -2.60. The van der Waals surface area contributed by atoms with E-state index in [1.807, 2.05) is 24.3 Å². The number of H-pyrrole nitrogens is 1. The van der Waals surface area contributed by atoms with Gasteiger partial charge in [0.1, 0.15) is 5.75 Å². The van der Waals surface area contributed by atoms with Crippen LogP contribution in [-0.4, -0.2) is 42.5 Å². The van der Waals surface area contributed by atoms with Crippen LogP contribution in [-0.2, 0) is 0 Å². The lowest BCUT2D eigenvalue weighted by molar-refractivity contribution is 0.0937. The zero-order valence-electron chi connectivity index (χ0n) is 14.3. The van der Waals surface area contributed by atoms with Crippen LogP contribution in [0.15, 0.2) is 47.4 Å². The number of benzene rings is 1. The van der Waals surface area contributed by atoms with Crippen LogP contribution in [0.2, 0.25) is 0 Å². The summed E-state index contributed by atoms with van der Waals surface area (Å²) in [5.41, 5.74) is 1.30. The molecular weight excluding hydrogens is 318 g/mol. The van der Waals surface area contributed by atoms with Gasteiger partial charge in [-0.1, -0.05) is 18.2 Å². The summed E-state index contributed by atoms with van der Waals surface area (Å²) in [5.74, 6) is 0.632. The second-order valence-corrected chi connectivity index (χ2v) is 6.15. The van der Waals surface area contributed by atoms with E-state index in [1.54, 1.807) is 7.11 Å². The van der Waals surface area contributed by atoms with Gasteiger partial charge in [0.15, 0.2) is 0 Å². The van der Waals surface area contributed by atoms with Crippen molar-refractivity contribution < 1.29 is 9.53 Å². The van der Waals surface area contributed by atoms with E-state index in [1.165, 1.54) is 31.2 Å². The SMILES string of the molecule is COc1ccccc1[C@@H](CNC(=O)c1ccc(=O)[nH]c1)N1CCCC1. The van der Waals surface area contributed by atoms with Crippen LogP contribution >= 0.6 is 0 Å². The van der Waals surface area contributed by atoms with Crippen molar-refractivity contribution in [3.05, 3.63) is 64.1 Å². The van der Waals surface area contributed by atoms with Crippen molar-refractivity contribution in [1.29, 1.82) is 0 Å². The van der Waals surface area contributed by atoms with Crippen LogP contribution in [0.25, 0.3) is 0 Å². The molecule has 1 aliphatic heterocycles. The number of hydrogen-bond acceptors (Lipinski definition) is 4. The third-order valence-corrected chi connectivity index (χ3v) is 4.58. The first-order valence-electron chi connectivity index (χ1n) is 8.53. The number of likely N-dealkylation sites (tertiary alicyclic amines) is 1. The molecule has 2 N–H and O–H groups in total. The zero-order chi connectivity index (χ0) is 17.6. The fraction of sp³-hybridized carbons (Fsp3) is 0.368. The summed E-state index contributed by atoms with van der Waals surface area (Å²) in [7, 11) is 1.67. The van der Waals surface area contributed by atoms with Crippen LogP contribution in [0.3, 0.4) is 0 Å². The monoisotopic (exact) mass is 341 g/mol. The lowest BCUT2D eigenvalue weighted by atomic mass is 10.0. The Bertz CT molecular complexity index is 761. The molecule has 132 valence electrons. The van der Waals surface area contributed by atoms with Gasteiger partial charge in [0.2, 0.25) is 5.56 Å². The molecule has 1 saturated heterocycles. The summed E-state index contributed by atoms with van der Waals surface area (Å²) in [6, 6.07) is 10.9. The third kappa shape index (κ3) is 4.09. The van der Waals surface area contributed by atoms with Gasteiger partial charge in [-0.2, -0.15) is 0 Å². The quantitative estimate of drug-likeness (QED) is 0.842. The minimum atomic E-state index is -0.222. The third-order valence-electron chi connectivity index (χ3n) is 4.58. The molecule has 1 aliphatic rings. The predicted molar refractivity (Wildman–Crippen MR) is 95.9 cm³/mol. The van der Waals surface area contributed by atoms with Crippen molar-refractivity contribution in [1.82, 2.24) is 15.2 Å². The molecule has 2 aromatic rings. The molecule has 1 fully saturated rings. The molecule has 0 bridgehead atoms. The number of amides is 1. The Balaban J connectivity index is 1.77. The number of pyridine rings is 1. The lowest BCUT2D eigenvalue weighted by Crippen LogP contribution is -2.37. The molecule has 0 radical (unpaired) electrons. The molecule has 3 rings (SSSR count). The van der Waals surface area contributed by atoms with Crippen molar-refractivity contribution >= 4 is 5.91 Å². The predicted octanol–water partition coefficient (Wildman–Crippen LogP) is 1.95. The Morgan fingerprint density at radius 3 is 2.68 bits per heavy atom. The number of carbonyl (C=O) groups excluding carboxylic acids is 1. The number of para-hydroxylation sites is 1. The van der Waals surface area contributed by atoms with Gasteiger partial charge in [-0.3, -0.25) is 14.5 Å². The maximum atomic E-state index is 12.4. The summed E-state index contributed by atoms with van der Waals surface area (Å²) < 4.78 is 5.51. The molecule has 0 saturated carbocycles. The van der Waals surface area contributed by atoms with E-state index in [-0.39, 0.29) is 17.5 Å². The first-order valence-corrected chi connectivity index (χ1v) is 8.53. The standard InChI is InChI=1S/C19H23N3O3/c1-25-17-7-3-2-6-15(17)16(22-10-4-5-11-22)13-21-19(24)14-8-9-18(23)20-12-14/h2-3,6-9,12,16H,4-5,10-11,13H2,1H3,(H,20,23)(H,21,24)/t16-/m1/s1. The van der Waals surface area contributed by atoms with Crippen LogP contribution in [0.5, 0.6) is 5.75 Å². The van der Waals surface area contributed by atoms with Crippen molar-refractivity contribution in [3.63, 3.8) is 0 Å². The number of nitrogens with one attached hydrogen (secondary N) is 2. The van der Waals surface area contributed by atoms with E-state index in [2.05, 4.69) is 15.2 Å². The van der Waals surface area contributed by atoms with E-state index in [0.717, 1.165) is 24.4 Å². The molecule has 0 unspecified atom stereocenters. The van der Waals surface area contributed by atoms with Gasteiger partial charge in [0.25, 0.3) is 5.91 Å². The topological polar surface area (TPSA) is 74.4 Å². The number of hydrogen-bond donors (Lipinski definition) is 2. The number of methoxy groups -OCH3 is 1. The van der Waals surface area contributed by atoms with Gasteiger partial charge < -0.3 is 15.0 Å². The van der Waals surface area contributed by atoms with Gasteiger partial charge in [0.05, 0.1) is 18.7 Å². The molecule has 1 atom stereocenters. The first kappa shape index (κ1) is 17.2. The highest BCUT2D eigenvalue weighted by Crippen LogP contribution is 2.31. The van der Waals surface area contributed by atoms with E-state index < -0.39 is 0 Å². The molecule has 6 nitrogen and oxygen atoms in total. The van der Waals surface area contributed by atoms with Crippen molar-refractivity contribution in [2.75, 3.05) is 26.7 Å². The number of rotatable bonds is 6. The first-order chi connectivity index (χ1) is 12.2. The average Bonchev–Trinajstić information content (AvgIpc) is 3.17. The molecule has 25 heavy (non-hydrogen) atoms. The van der Waals surface area contributed by atoms with Crippen molar-refractivity contribution in [3.8, 4) is 5.75 Å². The van der Waals surface area contributed by atoms with Gasteiger partial charge in [0, 0.05) is 24.4 Å². The fourth-order valence-electron chi connectivity index (χ4n) is 3.27. The average molecular weight is 341 g/mol. The van der Waals surface area contributed by atoms with E-state index in [0.29, 0.717) is 12.1 Å². The van der Waals surface area contributed by atoms with Crippen LogP contribution in [0.4, 0.5) is 0 Å². The zero-order valence-corrected chi connectivity index (χ0v) is 14.3. The van der Waals surface area contributed by atoms with Crippen LogP contribution < -0.4 is 15.6 Å². The lowest BCUT2D eigenvalue weighted by Gasteiger charge is -2.29. The number of nitrogens with zero attached hydrogens (tertiary/aromatic N) is 1. The fourth-order valence-corrected chi connectivity index (χ4v) is 3.27. The Morgan fingerprint density at radius 2 is 2.00 bits per heavy atom. The van der Waals surface area contributed by atoms with Gasteiger partial charge in [-0.05, 0) is 38.1 Å². The number of carbonyl (C=O) groups is 1. The van der Waals surface area contributed by atoms with E-state index in [4.69, 9.17) is 4.74 Å². The van der Waals surface area contributed by atoms with Crippen LogP contribution in [0.1, 0.15) is 34.8 Å². The number of aromatic nitrogens is 1. The molecule has 1 aromatic heterocycles. The van der Waals surface area contributed by atoms with Crippen LogP contribution in [0, 0.1) is 0 Å². The Kier molecular flexibility index (Phi) is 5.50. The normalized spacial score (nSPS) is 15.7. The maximum absolute atomic E-state index is 12.4. The highest BCUT2D eigenvalue weighted by atomic mass is 16.5. The molecule has 1 amide bonds. The second-order valence-electron chi connectivity index (χ2n) is 6.15. The molecule has 0 spiro atoms. The molecule has 0 aliphatic carbocycles. The molecule has 6 heteroatoms. The minimum absolute atomic E-state index is 0.0605. The van der Waals surface area contributed by atoms with Crippen molar-refractivity contribution in [2.24, 2.45) is 0 Å². The van der Waals surface area contributed by atoms with Gasteiger partial charge >= 0.3 is 0 Å². The highest BCUT2D eigenvalue weighted by molar-refractivity contribution is 5.93. The summed E-state index contributed by atoms with van der Waals surface area (Å²) in [4.78, 5) is 28.4. The maximum Gasteiger partial charge on any atom is 0.252 e. The summed E-state index contributed by atoms with van der Waals surface area (Å²) in [6.45, 7) is 2.51. The van der Waals surface area contributed by atoms with Gasteiger partial charge in [-0.15, -0.1) is 0 Å². The largest absolute Gasteiger partial charge is 0.496 e. The van der Waals surface area contributed by atoms with E-state index in [9.17, 15) is 9.59 Å². The number of ether oxygens (including phenoxy) is 1. The van der Waals surface area contributed by atoms with Crippen molar-refractivity contribution in [2.45, 2.75) is 18.9 Å². The smallest absolute Gasteiger partial charge is 0.252 e. The molecule has 1 aromatic carbocycles. The summed E-state index contributed by atoms with van der Waals surface area (Å²) in [6.07, 6.45) is 3.77. The summed E-state index contributed by atoms with van der Waals surface area (Å²) >= 11 is 0.